The Kier molecular flexibility index (Phi) is 4.48. The molecule has 0 saturated carbocycles. The normalized spacial score (nSPS) is 22.5. The van der Waals surface area contributed by atoms with E-state index in [4.69, 9.17) is 4.74 Å². The molecule has 2 N–H and O–H groups in total. The fourth-order valence-corrected chi connectivity index (χ4v) is 3.95. The second-order valence-electron chi connectivity index (χ2n) is 5.49. The summed E-state index contributed by atoms with van der Waals surface area (Å²) >= 11 is 1.44. The molecule has 1 saturated heterocycles. The molecule has 0 spiro atoms. The quantitative estimate of drug-likeness (QED) is 0.765. The van der Waals surface area contributed by atoms with E-state index in [1.807, 2.05) is 6.07 Å². The predicted molar refractivity (Wildman–Crippen MR) is 87.3 cm³/mol. The van der Waals surface area contributed by atoms with E-state index in [1.54, 1.807) is 31.2 Å². The van der Waals surface area contributed by atoms with Crippen molar-refractivity contribution in [2.45, 2.75) is 18.3 Å². The van der Waals surface area contributed by atoms with Gasteiger partial charge in [0.15, 0.2) is 6.61 Å². The Morgan fingerprint density at radius 3 is 2.75 bits per heavy atom. The molecule has 2 atom stereocenters. The topological polar surface area (TPSA) is 95.9 Å². The highest BCUT2D eigenvalue weighted by Gasteiger charge is 2.53. The lowest BCUT2D eigenvalue weighted by atomic mass is 10.0. The molecule has 2 heterocycles. The second-order valence-corrected chi connectivity index (χ2v) is 6.60. The summed E-state index contributed by atoms with van der Waals surface area (Å²) in [5.41, 5.74) is 0.670. The molecule has 1 aromatic rings. The van der Waals surface area contributed by atoms with Crippen molar-refractivity contribution in [1.82, 2.24) is 10.2 Å². The maximum Gasteiger partial charge on any atom is 0.352 e. The third kappa shape index (κ3) is 2.96. The van der Waals surface area contributed by atoms with E-state index >= 15 is 0 Å². The summed E-state index contributed by atoms with van der Waals surface area (Å²) in [6.45, 7) is 1.49. The number of benzene rings is 1. The van der Waals surface area contributed by atoms with Crippen molar-refractivity contribution in [1.29, 1.82) is 0 Å². The Labute approximate surface area is 142 Å². The minimum Gasteiger partial charge on any atom is -0.484 e. The van der Waals surface area contributed by atoms with Crippen LogP contribution in [0.15, 0.2) is 41.6 Å². The van der Waals surface area contributed by atoms with E-state index in [-0.39, 0.29) is 17.7 Å². The summed E-state index contributed by atoms with van der Waals surface area (Å²) in [7, 11) is 0. The van der Waals surface area contributed by atoms with E-state index in [0.717, 1.165) is 0 Å². The van der Waals surface area contributed by atoms with Crippen molar-refractivity contribution in [3.05, 3.63) is 41.6 Å². The van der Waals surface area contributed by atoms with Gasteiger partial charge in [-0.1, -0.05) is 18.2 Å². The highest BCUT2D eigenvalue weighted by molar-refractivity contribution is 8.00. The van der Waals surface area contributed by atoms with Crippen molar-refractivity contribution in [2.24, 2.45) is 0 Å². The van der Waals surface area contributed by atoms with E-state index < -0.39 is 23.8 Å². The van der Waals surface area contributed by atoms with Gasteiger partial charge in [0.25, 0.3) is 11.8 Å². The van der Waals surface area contributed by atoms with Crippen LogP contribution in [0.3, 0.4) is 0 Å². The molecule has 2 aliphatic rings. The first kappa shape index (κ1) is 16.4. The number of ether oxygens (including phenoxy) is 1. The third-order valence-corrected chi connectivity index (χ3v) is 5.22. The minimum atomic E-state index is -1.12. The van der Waals surface area contributed by atoms with Crippen LogP contribution in [0, 0.1) is 0 Å². The maximum atomic E-state index is 12.2. The van der Waals surface area contributed by atoms with Gasteiger partial charge in [0.1, 0.15) is 22.9 Å². The van der Waals surface area contributed by atoms with Gasteiger partial charge in [-0.3, -0.25) is 14.5 Å². The Bertz CT molecular complexity index is 718. The monoisotopic (exact) mass is 348 g/mol. The van der Waals surface area contributed by atoms with Crippen LogP contribution in [0.1, 0.15) is 6.92 Å². The first-order chi connectivity index (χ1) is 11.5. The summed E-state index contributed by atoms with van der Waals surface area (Å²) in [5.74, 6) is -0.864. The van der Waals surface area contributed by atoms with Gasteiger partial charge in [0, 0.05) is 5.75 Å². The largest absolute Gasteiger partial charge is 0.484 e. The standard InChI is InChI=1S/C16H16N2O5S/c1-9-8-24-15-12(14(20)18(15)13(9)16(21)22)17-11(19)7-23-10-5-3-2-4-6-10/h2-6,12,15H,7-8H2,1H3,(H,17,19)(H,21,22)/t12-,15-/m1/s1. The number of hydrogen-bond donors (Lipinski definition) is 2. The lowest BCUT2D eigenvalue weighted by Crippen LogP contribution is -2.70. The molecule has 2 amide bonds. The van der Waals surface area contributed by atoms with Gasteiger partial charge in [0.05, 0.1) is 0 Å². The lowest BCUT2D eigenvalue weighted by molar-refractivity contribution is -0.150. The Balaban J connectivity index is 1.59. The van der Waals surface area contributed by atoms with Crippen molar-refractivity contribution >= 4 is 29.5 Å². The fourth-order valence-electron chi connectivity index (χ4n) is 2.66. The molecule has 2 aliphatic heterocycles. The third-order valence-electron chi connectivity index (χ3n) is 3.79. The van der Waals surface area contributed by atoms with E-state index in [2.05, 4.69) is 5.32 Å². The SMILES string of the molecule is CC1=C(C(=O)O)N2C(=O)[C@@H](NC(=O)COc3ccccc3)[C@H]2SC1. The number of amides is 2. The van der Waals surface area contributed by atoms with Crippen LogP contribution in [0.5, 0.6) is 5.75 Å². The van der Waals surface area contributed by atoms with Crippen molar-refractivity contribution < 1.29 is 24.2 Å². The highest BCUT2D eigenvalue weighted by Crippen LogP contribution is 2.40. The number of nitrogens with zero attached hydrogens (tertiary/aromatic N) is 1. The smallest absolute Gasteiger partial charge is 0.352 e. The molecule has 1 aromatic carbocycles. The summed E-state index contributed by atoms with van der Waals surface area (Å²) < 4.78 is 5.34. The Hall–Kier alpha value is -2.48. The van der Waals surface area contributed by atoms with Crippen LogP contribution < -0.4 is 10.1 Å². The van der Waals surface area contributed by atoms with Gasteiger partial charge >= 0.3 is 5.97 Å². The predicted octanol–water partition coefficient (Wildman–Crippen LogP) is 0.824. The number of carboxylic acid groups (broad SMARTS) is 1. The average molecular weight is 348 g/mol. The molecule has 0 bridgehead atoms. The number of para-hydroxylation sites is 1. The highest BCUT2D eigenvalue weighted by atomic mass is 32.2. The summed E-state index contributed by atoms with van der Waals surface area (Å²) in [6.07, 6.45) is 0. The molecule has 24 heavy (non-hydrogen) atoms. The van der Waals surface area contributed by atoms with Crippen LogP contribution in [0.2, 0.25) is 0 Å². The number of carbonyl (C=O) groups excluding carboxylic acids is 2. The number of hydrogen-bond acceptors (Lipinski definition) is 5. The summed E-state index contributed by atoms with van der Waals surface area (Å²) in [4.78, 5) is 36.8. The Morgan fingerprint density at radius 2 is 2.08 bits per heavy atom. The number of carboxylic acids is 1. The fraction of sp³-hybridized carbons (Fsp3) is 0.312. The lowest BCUT2D eigenvalue weighted by Gasteiger charge is -2.49. The number of nitrogens with one attached hydrogen (secondary N) is 1. The zero-order chi connectivity index (χ0) is 17.3. The molecule has 126 valence electrons. The minimum absolute atomic E-state index is 0.0229. The second kappa shape index (κ2) is 6.56. The van der Waals surface area contributed by atoms with Crippen LogP contribution >= 0.6 is 11.8 Å². The van der Waals surface area contributed by atoms with Gasteiger partial charge in [-0.15, -0.1) is 11.8 Å². The van der Waals surface area contributed by atoms with Crippen LogP contribution in [0.4, 0.5) is 0 Å². The number of rotatable bonds is 5. The number of carbonyl (C=O) groups is 3. The van der Waals surface area contributed by atoms with Crippen molar-refractivity contribution in [3.63, 3.8) is 0 Å². The van der Waals surface area contributed by atoms with Crippen molar-refractivity contribution in [3.8, 4) is 5.75 Å². The van der Waals surface area contributed by atoms with Gasteiger partial charge in [0.2, 0.25) is 0 Å². The molecule has 0 aliphatic carbocycles. The average Bonchev–Trinajstić information content (AvgIpc) is 2.58. The maximum absolute atomic E-state index is 12.2. The molecule has 7 nitrogen and oxygen atoms in total. The van der Waals surface area contributed by atoms with Gasteiger partial charge in [-0.05, 0) is 24.6 Å². The van der Waals surface area contributed by atoms with Gasteiger partial charge in [-0.25, -0.2) is 4.79 Å². The van der Waals surface area contributed by atoms with E-state index in [9.17, 15) is 19.5 Å². The molecule has 0 unspecified atom stereocenters. The number of β-lactam (4-membered cyclic amide) rings is 1. The zero-order valence-corrected chi connectivity index (χ0v) is 13.7. The van der Waals surface area contributed by atoms with Crippen molar-refractivity contribution in [2.75, 3.05) is 12.4 Å². The molecule has 1 fully saturated rings. The van der Waals surface area contributed by atoms with Crippen LogP contribution in [-0.4, -0.2) is 51.6 Å². The van der Waals surface area contributed by atoms with Gasteiger partial charge in [-0.2, -0.15) is 0 Å². The molecular weight excluding hydrogens is 332 g/mol. The molecule has 8 heteroatoms. The molecular formula is C16H16N2O5S. The first-order valence-corrected chi connectivity index (χ1v) is 8.39. The summed E-state index contributed by atoms with van der Waals surface area (Å²) in [6, 6.07) is 8.16. The Morgan fingerprint density at radius 1 is 1.38 bits per heavy atom. The number of thioether (sulfide) groups is 1. The number of aliphatic carboxylic acids is 1. The van der Waals surface area contributed by atoms with Crippen LogP contribution in [-0.2, 0) is 14.4 Å². The molecule has 0 aromatic heterocycles. The first-order valence-electron chi connectivity index (χ1n) is 7.34. The van der Waals surface area contributed by atoms with E-state index in [1.165, 1.54) is 16.7 Å². The van der Waals surface area contributed by atoms with Crippen LogP contribution in [0.25, 0.3) is 0 Å². The molecule has 3 rings (SSSR count). The zero-order valence-electron chi connectivity index (χ0n) is 12.9. The summed E-state index contributed by atoms with van der Waals surface area (Å²) in [5, 5.41) is 11.5. The van der Waals surface area contributed by atoms with E-state index in [0.29, 0.717) is 17.1 Å². The number of fused-ring (bicyclic) bond motifs is 1. The van der Waals surface area contributed by atoms with Gasteiger partial charge < -0.3 is 15.2 Å². The molecule has 0 radical (unpaired) electrons.